The van der Waals surface area contributed by atoms with Crippen molar-refractivity contribution in [3.63, 3.8) is 0 Å². The zero-order valence-electron chi connectivity index (χ0n) is 19.4. The van der Waals surface area contributed by atoms with Gasteiger partial charge in [-0.25, -0.2) is 0 Å². The minimum Gasteiger partial charge on any atom is -0.366 e. The number of nitrogens with one attached hydrogen (secondary N) is 1. The quantitative estimate of drug-likeness (QED) is 0.626. The van der Waals surface area contributed by atoms with Crippen LogP contribution in [0.4, 0.5) is 16.2 Å². The van der Waals surface area contributed by atoms with Gasteiger partial charge in [0.05, 0.1) is 10.4 Å². The second kappa shape index (κ2) is 8.56. The Morgan fingerprint density at radius 1 is 1.12 bits per heavy atom. The van der Waals surface area contributed by atoms with E-state index in [2.05, 4.69) is 44.1 Å². The van der Waals surface area contributed by atoms with E-state index in [0.29, 0.717) is 10.6 Å². The molecule has 1 saturated heterocycles. The predicted octanol–water partition coefficient (Wildman–Crippen LogP) is 5.30. The molecule has 33 heavy (non-hydrogen) atoms. The molecule has 0 unspecified atom stereocenters. The molecule has 4 rings (SSSR count). The van der Waals surface area contributed by atoms with Gasteiger partial charge in [-0.2, -0.15) is 0 Å². The smallest absolute Gasteiger partial charge is 0.294 e. The second-order valence-corrected chi connectivity index (χ2v) is 9.94. The molecular formula is C26H27N3O3S. The van der Waals surface area contributed by atoms with Crippen LogP contribution in [0, 0.1) is 6.92 Å². The lowest BCUT2D eigenvalue weighted by molar-refractivity contribution is -0.127. The average Bonchev–Trinajstić information content (AvgIpc) is 3.01. The molecule has 1 fully saturated rings. The summed E-state index contributed by atoms with van der Waals surface area (Å²) < 4.78 is 0. The number of para-hydroxylation sites is 1. The van der Waals surface area contributed by atoms with Crippen LogP contribution in [0.5, 0.6) is 0 Å². The summed E-state index contributed by atoms with van der Waals surface area (Å²) in [5.74, 6) is -0.860. The molecule has 2 heterocycles. The van der Waals surface area contributed by atoms with Gasteiger partial charge < -0.3 is 10.2 Å². The molecular weight excluding hydrogens is 434 g/mol. The number of carbonyl (C=O) groups excluding carboxylic acids is 3. The van der Waals surface area contributed by atoms with Crippen molar-refractivity contribution in [2.24, 2.45) is 0 Å². The molecule has 0 radical (unpaired) electrons. The zero-order valence-corrected chi connectivity index (χ0v) is 20.2. The third-order valence-electron chi connectivity index (χ3n) is 6.13. The maximum Gasteiger partial charge on any atom is 0.294 e. The first-order chi connectivity index (χ1) is 15.6. The number of likely N-dealkylation sites (N-methyl/N-ethyl adjacent to an activating group) is 1. The average molecular weight is 462 g/mol. The number of fused-ring (bicyclic) bond motifs is 1. The summed E-state index contributed by atoms with van der Waals surface area (Å²) in [5, 5.41) is 2.32. The number of benzene rings is 2. The van der Waals surface area contributed by atoms with Crippen LogP contribution < -0.4 is 10.2 Å². The number of amides is 3. The SMILES string of the molecule is CC1=CC(C)(C)N(C)c2ccc(/C=C3/SC(=O)N(CC(=O)Nc4ccccc4C)C3=O)cc21. The van der Waals surface area contributed by atoms with Crippen LogP contribution >= 0.6 is 11.8 Å². The highest BCUT2D eigenvalue weighted by atomic mass is 32.2. The molecule has 2 aliphatic heterocycles. The molecule has 7 heteroatoms. The molecule has 2 aromatic carbocycles. The number of hydrogen-bond donors (Lipinski definition) is 1. The summed E-state index contributed by atoms with van der Waals surface area (Å²) in [7, 11) is 2.06. The largest absolute Gasteiger partial charge is 0.366 e. The number of rotatable bonds is 4. The van der Waals surface area contributed by atoms with Gasteiger partial charge in [0.2, 0.25) is 5.91 Å². The van der Waals surface area contributed by atoms with Crippen LogP contribution in [0.15, 0.2) is 53.4 Å². The zero-order chi connectivity index (χ0) is 23.9. The van der Waals surface area contributed by atoms with Crippen LogP contribution in [0.2, 0.25) is 0 Å². The maximum atomic E-state index is 12.9. The van der Waals surface area contributed by atoms with Gasteiger partial charge in [-0.15, -0.1) is 0 Å². The molecule has 3 amide bonds. The molecule has 2 aromatic rings. The molecule has 1 N–H and O–H groups in total. The first-order valence-electron chi connectivity index (χ1n) is 10.8. The third kappa shape index (κ3) is 4.46. The van der Waals surface area contributed by atoms with Crippen molar-refractivity contribution in [1.29, 1.82) is 0 Å². The van der Waals surface area contributed by atoms with E-state index in [1.54, 1.807) is 12.1 Å². The van der Waals surface area contributed by atoms with E-state index < -0.39 is 17.1 Å². The number of nitrogens with zero attached hydrogens (tertiary/aromatic N) is 2. The summed E-state index contributed by atoms with van der Waals surface area (Å²) in [4.78, 5) is 41.3. The van der Waals surface area contributed by atoms with E-state index in [0.717, 1.165) is 39.0 Å². The van der Waals surface area contributed by atoms with E-state index >= 15 is 0 Å². The Hall–Kier alpha value is -3.32. The first-order valence-corrected chi connectivity index (χ1v) is 11.6. The topological polar surface area (TPSA) is 69.7 Å². The lowest BCUT2D eigenvalue weighted by Gasteiger charge is -2.40. The Morgan fingerprint density at radius 2 is 1.85 bits per heavy atom. The Kier molecular flexibility index (Phi) is 5.93. The summed E-state index contributed by atoms with van der Waals surface area (Å²) >= 11 is 0.860. The monoisotopic (exact) mass is 461 g/mol. The van der Waals surface area contributed by atoms with E-state index in [1.807, 2.05) is 43.3 Å². The second-order valence-electron chi connectivity index (χ2n) is 8.95. The van der Waals surface area contributed by atoms with Gasteiger partial charge in [0, 0.05) is 24.0 Å². The summed E-state index contributed by atoms with van der Waals surface area (Å²) in [6.07, 6.45) is 3.94. The summed E-state index contributed by atoms with van der Waals surface area (Å²) in [5.41, 5.74) is 5.72. The molecule has 0 saturated carbocycles. The number of anilines is 2. The Labute approximate surface area is 198 Å². The number of imide groups is 1. The van der Waals surface area contributed by atoms with Crippen molar-refractivity contribution >= 4 is 51.8 Å². The molecule has 170 valence electrons. The van der Waals surface area contributed by atoms with Crippen LogP contribution in [0.25, 0.3) is 11.6 Å². The minimum absolute atomic E-state index is 0.0832. The lowest BCUT2D eigenvalue weighted by Crippen LogP contribution is -2.42. The third-order valence-corrected chi connectivity index (χ3v) is 7.04. The summed E-state index contributed by atoms with van der Waals surface area (Å²) in [6.45, 7) is 7.98. The van der Waals surface area contributed by atoms with E-state index in [9.17, 15) is 14.4 Å². The molecule has 0 spiro atoms. The molecule has 2 aliphatic rings. The Balaban J connectivity index is 1.52. The van der Waals surface area contributed by atoms with Crippen molar-refractivity contribution in [3.05, 3.63) is 70.1 Å². The molecule has 0 atom stereocenters. The number of thioether (sulfide) groups is 1. The van der Waals surface area contributed by atoms with Gasteiger partial charge in [0.15, 0.2) is 0 Å². The highest BCUT2D eigenvalue weighted by molar-refractivity contribution is 8.18. The Bertz CT molecular complexity index is 1230. The van der Waals surface area contributed by atoms with Gasteiger partial charge in [0.25, 0.3) is 11.1 Å². The predicted molar refractivity (Wildman–Crippen MR) is 135 cm³/mol. The lowest BCUT2D eigenvalue weighted by atomic mass is 9.88. The van der Waals surface area contributed by atoms with Crippen LogP contribution in [0.3, 0.4) is 0 Å². The first kappa shape index (κ1) is 22.9. The molecule has 0 aromatic heterocycles. The van der Waals surface area contributed by atoms with Gasteiger partial charge in [0.1, 0.15) is 6.54 Å². The number of carbonyl (C=O) groups is 3. The van der Waals surface area contributed by atoms with Crippen LogP contribution in [-0.2, 0) is 9.59 Å². The molecule has 0 bridgehead atoms. The normalized spacial score (nSPS) is 18.5. The Morgan fingerprint density at radius 3 is 2.58 bits per heavy atom. The number of allylic oxidation sites excluding steroid dienone is 1. The van der Waals surface area contributed by atoms with E-state index in [1.165, 1.54) is 5.57 Å². The van der Waals surface area contributed by atoms with Crippen LogP contribution in [-0.4, -0.2) is 41.1 Å². The van der Waals surface area contributed by atoms with Crippen molar-refractivity contribution < 1.29 is 14.4 Å². The van der Waals surface area contributed by atoms with Crippen molar-refractivity contribution in [3.8, 4) is 0 Å². The van der Waals surface area contributed by atoms with Gasteiger partial charge in [-0.3, -0.25) is 19.3 Å². The van der Waals surface area contributed by atoms with Crippen molar-refractivity contribution in [2.45, 2.75) is 33.2 Å². The molecule has 0 aliphatic carbocycles. The van der Waals surface area contributed by atoms with Crippen molar-refractivity contribution in [1.82, 2.24) is 4.90 Å². The fraction of sp³-hybridized carbons (Fsp3) is 0.269. The molecule has 6 nitrogen and oxygen atoms in total. The minimum atomic E-state index is -0.451. The number of hydrogen-bond acceptors (Lipinski definition) is 5. The summed E-state index contributed by atoms with van der Waals surface area (Å²) in [6, 6.07) is 13.4. The van der Waals surface area contributed by atoms with Gasteiger partial charge in [-0.05, 0) is 80.4 Å². The fourth-order valence-corrected chi connectivity index (χ4v) is 4.94. The fourth-order valence-electron chi connectivity index (χ4n) is 4.10. The van der Waals surface area contributed by atoms with E-state index in [4.69, 9.17) is 0 Å². The van der Waals surface area contributed by atoms with Crippen LogP contribution in [0.1, 0.15) is 37.5 Å². The standard InChI is InChI=1S/C26H27N3O3S/c1-16-8-6-7-9-20(16)27-23(30)15-29-24(31)22(33-25(29)32)13-18-10-11-21-19(12-18)17(2)14-26(3,4)28(21)5/h6-14H,15H2,1-5H3,(H,27,30)/b22-13+. The number of aryl methyl sites for hydroxylation is 1. The van der Waals surface area contributed by atoms with Gasteiger partial charge >= 0.3 is 0 Å². The van der Waals surface area contributed by atoms with Gasteiger partial charge in [-0.1, -0.05) is 30.3 Å². The van der Waals surface area contributed by atoms with Crippen molar-refractivity contribution in [2.75, 3.05) is 23.8 Å². The highest BCUT2D eigenvalue weighted by Gasteiger charge is 2.36. The maximum absolute atomic E-state index is 12.9. The highest BCUT2D eigenvalue weighted by Crippen LogP contribution is 2.39. The van der Waals surface area contributed by atoms with E-state index in [-0.39, 0.29) is 12.1 Å².